The first-order valence-electron chi connectivity index (χ1n) is 11.7. The summed E-state index contributed by atoms with van der Waals surface area (Å²) in [4.78, 5) is 30.6. The Hall–Kier alpha value is -3.11. The third-order valence-corrected chi connectivity index (χ3v) is 7.45. The number of primary amides is 1. The number of pyridine rings is 1. The maximum absolute atomic E-state index is 11.9. The Morgan fingerprint density at radius 1 is 1.29 bits per heavy atom. The first kappa shape index (κ1) is 25.0. The summed E-state index contributed by atoms with van der Waals surface area (Å²) < 4.78 is 5.65. The van der Waals surface area contributed by atoms with Gasteiger partial charge in [-0.15, -0.1) is 11.3 Å². The zero-order chi connectivity index (χ0) is 25.4. The van der Waals surface area contributed by atoms with Gasteiger partial charge < -0.3 is 20.9 Å². The second-order valence-corrected chi connectivity index (χ2v) is 11.1. The number of aryl methyl sites for hydroxylation is 1. The summed E-state index contributed by atoms with van der Waals surface area (Å²) in [7, 11) is 0. The monoisotopic (exact) mass is 496 g/mol. The van der Waals surface area contributed by atoms with Gasteiger partial charge >= 0.3 is 0 Å². The van der Waals surface area contributed by atoms with Crippen LogP contribution in [-0.4, -0.2) is 37.1 Å². The quantitative estimate of drug-likeness (QED) is 0.440. The molecule has 2 atom stereocenters. The predicted octanol–water partition coefficient (Wildman–Crippen LogP) is 4.33. The topological polar surface area (TPSA) is 136 Å². The summed E-state index contributed by atoms with van der Waals surface area (Å²) in [6.07, 6.45) is 4.79. The van der Waals surface area contributed by atoms with E-state index in [0.29, 0.717) is 36.1 Å². The van der Waals surface area contributed by atoms with Crippen LogP contribution in [-0.2, 0) is 10.4 Å². The largest absolute Gasteiger partial charge is 0.475 e. The number of ether oxygens (including phenoxy) is 1. The van der Waals surface area contributed by atoms with Crippen molar-refractivity contribution in [3.8, 4) is 16.5 Å². The molecule has 3 aromatic heterocycles. The molecule has 0 radical (unpaired) electrons. The molecule has 3 heterocycles. The molecular weight excluding hydrogens is 464 g/mol. The molecule has 10 heteroatoms. The molecule has 0 bridgehead atoms. The van der Waals surface area contributed by atoms with E-state index in [1.54, 1.807) is 18.5 Å². The Kier molecular flexibility index (Phi) is 6.79. The van der Waals surface area contributed by atoms with Crippen molar-refractivity contribution in [1.29, 1.82) is 0 Å². The fraction of sp³-hybridized carbons (Fsp3) is 0.480. The minimum absolute atomic E-state index is 0.0132. The van der Waals surface area contributed by atoms with E-state index in [2.05, 4.69) is 25.3 Å². The van der Waals surface area contributed by atoms with Gasteiger partial charge in [-0.05, 0) is 57.6 Å². The van der Waals surface area contributed by atoms with Gasteiger partial charge in [0.2, 0.25) is 17.7 Å². The Morgan fingerprint density at radius 3 is 2.74 bits per heavy atom. The van der Waals surface area contributed by atoms with E-state index in [1.165, 1.54) is 11.3 Å². The summed E-state index contributed by atoms with van der Waals surface area (Å²) in [6.45, 7) is 9.75. The van der Waals surface area contributed by atoms with Gasteiger partial charge in [0.15, 0.2) is 0 Å². The second kappa shape index (κ2) is 9.50. The van der Waals surface area contributed by atoms with Gasteiger partial charge in [0.1, 0.15) is 10.6 Å². The lowest BCUT2D eigenvalue weighted by Crippen LogP contribution is -2.46. The van der Waals surface area contributed by atoms with Crippen molar-refractivity contribution >= 4 is 28.9 Å². The molecule has 1 amide bonds. The lowest BCUT2D eigenvalue weighted by atomic mass is 9.63. The first-order chi connectivity index (χ1) is 16.4. The summed E-state index contributed by atoms with van der Waals surface area (Å²) in [5.74, 6) is 0.345. The smallest absolute Gasteiger partial charge is 0.230 e. The van der Waals surface area contributed by atoms with Crippen molar-refractivity contribution in [1.82, 2.24) is 19.9 Å². The highest BCUT2D eigenvalue weighted by Gasteiger charge is 2.48. The minimum Gasteiger partial charge on any atom is -0.475 e. The van der Waals surface area contributed by atoms with Crippen LogP contribution in [0.3, 0.4) is 0 Å². The first-order valence-corrected chi connectivity index (χ1v) is 12.5. The Morgan fingerprint density at radius 2 is 2.06 bits per heavy atom. The average Bonchev–Trinajstić information content (AvgIpc) is 3.23. The van der Waals surface area contributed by atoms with Crippen LogP contribution in [0.15, 0.2) is 30.6 Å². The number of aliphatic hydroxyl groups is 1. The molecule has 0 aromatic carbocycles. The van der Waals surface area contributed by atoms with E-state index < -0.39 is 11.0 Å². The van der Waals surface area contributed by atoms with Crippen LogP contribution in [0.4, 0.5) is 11.6 Å². The fourth-order valence-corrected chi connectivity index (χ4v) is 5.75. The highest BCUT2D eigenvalue weighted by Crippen LogP contribution is 2.50. The van der Waals surface area contributed by atoms with Crippen LogP contribution in [0.25, 0.3) is 10.6 Å². The molecule has 4 N–H and O–H groups in total. The minimum atomic E-state index is -1.10. The summed E-state index contributed by atoms with van der Waals surface area (Å²) in [5, 5.41) is 15.3. The lowest BCUT2D eigenvalue weighted by molar-refractivity contribution is -0.134. The van der Waals surface area contributed by atoms with Crippen molar-refractivity contribution in [2.45, 2.75) is 65.6 Å². The maximum Gasteiger partial charge on any atom is 0.230 e. The van der Waals surface area contributed by atoms with Gasteiger partial charge in [-0.3, -0.25) is 9.78 Å². The molecule has 0 unspecified atom stereocenters. The highest BCUT2D eigenvalue weighted by atomic mass is 32.1. The third kappa shape index (κ3) is 5.59. The molecule has 0 spiro atoms. The number of carbonyl (C=O) groups excluding carboxylic acids is 1. The van der Waals surface area contributed by atoms with E-state index in [9.17, 15) is 9.90 Å². The summed E-state index contributed by atoms with van der Waals surface area (Å²) in [6, 6.07) is 5.53. The number of aromatic nitrogens is 4. The Balaban J connectivity index is 1.57. The van der Waals surface area contributed by atoms with Crippen molar-refractivity contribution in [3.63, 3.8) is 0 Å². The van der Waals surface area contributed by atoms with Crippen LogP contribution in [0.2, 0.25) is 0 Å². The number of amides is 1. The van der Waals surface area contributed by atoms with Gasteiger partial charge in [-0.1, -0.05) is 13.8 Å². The molecular formula is C25H32N6O3S. The van der Waals surface area contributed by atoms with Crippen molar-refractivity contribution in [2.75, 3.05) is 5.32 Å². The van der Waals surface area contributed by atoms with Gasteiger partial charge in [0.05, 0.1) is 16.7 Å². The number of rotatable bonds is 7. The lowest BCUT2D eigenvalue weighted by Gasteiger charge is -2.44. The molecule has 1 saturated carbocycles. The summed E-state index contributed by atoms with van der Waals surface area (Å²) in [5.41, 5.74) is 6.41. The van der Waals surface area contributed by atoms with Crippen LogP contribution in [0, 0.1) is 18.3 Å². The normalized spacial score (nSPS) is 21.6. The van der Waals surface area contributed by atoms with Gasteiger partial charge in [-0.25, -0.2) is 9.97 Å². The number of nitrogens with one attached hydrogen (secondary N) is 1. The van der Waals surface area contributed by atoms with Crippen LogP contribution in [0.1, 0.15) is 57.7 Å². The van der Waals surface area contributed by atoms with E-state index in [1.807, 2.05) is 46.8 Å². The van der Waals surface area contributed by atoms with Gasteiger partial charge in [-0.2, -0.15) is 4.98 Å². The molecule has 1 aliphatic carbocycles. The summed E-state index contributed by atoms with van der Waals surface area (Å²) >= 11 is 1.42. The molecule has 3 aromatic rings. The zero-order valence-electron chi connectivity index (χ0n) is 20.7. The Labute approximate surface area is 209 Å². The second-order valence-electron chi connectivity index (χ2n) is 10.1. The number of carbonyl (C=O) groups is 1. The molecule has 0 saturated heterocycles. The van der Waals surface area contributed by atoms with Crippen molar-refractivity contribution < 1.29 is 14.6 Å². The van der Waals surface area contributed by atoms with Crippen LogP contribution < -0.4 is 15.8 Å². The number of nitrogens with zero attached hydrogens (tertiary/aromatic N) is 4. The number of anilines is 2. The van der Waals surface area contributed by atoms with Crippen LogP contribution >= 0.6 is 11.3 Å². The van der Waals surface area contributed by atoms with Gasteiger partial charge in [0.25, 0.3) is 0 Å². The number of thiazole rings is 1. The molecule has 4 rings (SSSR count). The Bertz CT molecular complexity index is 1230. The number of hydrogen-bond donors (Lipinski definition) is 3. The SMILES string of the molecule is Cc1cc(Nc2nccc(OC(C)C)n2)cc(-c2cnc([C@]3(O)CC[C@@H](C(N)=O)C(C)(C)C3)s2)n1. The van der Waals surface area contributed by atoms with Crippen molar-refractivity contribution in [3.05, 3.63) is 41.3 Å². The average molecular weight is 497 g/mol. The van der Waals surface area contributed by atoms with E-state index in [0.717, 1.165) is 22.0 Å². The fourth-order valence-electron chi connectivity index (χ4n) is 4.76. The number of hydrogen-bond acceptors (Lipinski definition) is 9. The highest BCUT2D eigenvalue weighted by molar-refractivity contribution is 7.15. The molecule has 0 aliphatic heterocycles. The molecule has 186 valence electrons. The van der Waals surface area contributed by atoms with E-state index in [4.69, 9.17) is 10.5 Å². The van der Waals surface area contributed by atoms with Crippen molar-refractivity contribution in [2.24, 2.45) is 17.1 Å². The molecule has 1 fully saturated rings. The zero-order valence-corrected chi connectivity index (χ0v) is 21.5. The number of nitrogens with two attached hydrogens (primary N) is 1. The maximum atomic E-state index is 11.9. The van der Waals surface area contributed by atoms with E-state index >= 15 is 0 Å². The van der Waals surface area contributed by atoms with E-state index in [-0.39, 0.29) is 17.9 Å². The molecule has 35 heavy (non-hydrogen) atoms. The van der Waals surface area contributed by atoms with Gasteiger partial charge in [0, 0.05) is 35.8 Å². The molecule has 1 aliphatic rings. The third-order valence-electron chi connectivity index (χ3n) is 6.23. The van der Waals surface area contributed by atoms with Crippen LogP contribution in [0.5, 0.6) is 5.88 Å². The standard InChI is InChI=1S/C25H32N6O3S/c1-14(2)34-20-7-9-27-23(31-20)30-16-10-15(3)29-18(11-16)19-12-28-22(35-19)25(33)8-6-17(21(26)32)24(4,5)13-25/h7,9-12,14,17,33H,6,8,13H2,1-5H3,(H2,26,32)(H,27,29,30,31)/t17-,25-/m0/s1. The predicted molar refractivity (Wildman–Crippen MR) is 135 cm³/mol. The molecule has 9 nitrogen and oxygen atoms in total.